The van der Waals surface area contributed by atoms with Crippen molar-refractivity contribution in [3.05, 3.63) is 0 Å². The first-order chi connectivity index (χ1) is 7.22. The Morgan fingerprint density at radius 2 is 1.80 bits per heavy atom. The molecule has 1 aliphatic heterocycles. The van der Waals surface area contributed by atoms with Crippen molar-refractivity contribution >= 4 is 0 Å². The van der Waals surface area contributed by atoms with Gasteiger partial charge in [0.25, 0.3) is 0 Å². The number of nitrogens with zero attached hydrogens (tertiary/aromatic N) is 2. The summed E-state index contributed by atoms with van der Waals surface area (Å²) in [6, 6.07) is 0. The molecule has 0 atom stereocenters. The minimum atomic E-state index is 0.924. The number of rotatable bonds is 6. The fourth-order valence-corrected chi connectivity index (χ4v) is 2.15. The largest absolute Gasteiger partial charge is 0.317 e. The summed E-state index contributed by atoms with van der Waals surface area (Å²) in [6.07, 6.45) is 2.72. The van der Waals surface area contributed by atoms with E-state index >= 15 is 0 Å². The summed E-state index contributed by atoms with van der Waals surface area (Å²) in [5, 5.41) is 3.43. The van der Waals surface area contributed by atoms with E-state index in [0.29, 0.717) is 0 Å². The van der Waals surface area contributed by atoms with Crippen molar-refractivity contribution in [2.75, 3.05) is 53.4 Å². The third-order valence-electron chi connectivity index (χ3n) is 3.29. The molecule has 1 N–H and O–H groups in total. The van der Waals surface area contributed by atoms with Crippen LogP contribution in [0.5, 0.6) is 0 Å². The minimum absolute atomic E-state index is 0.924. The second kappa shape index (κ2) is 7.20. The van der Waals surface area contributed by atoms with Gasteiger partial charge in [-0.3, -0.25) is 0 Å². The molecule has 3 heteroatoms. The van der Waals surface area contributed by atoms with Crippen molar-refractivity contribution in [1.82, 2.24) is 15.1 Å². The lowest BCUT2D eigenvalue weighted by Crippen LogP contribution is -2.38. The Labute approximate surface area is 94.8 Å². The van der Waals surface area contributed by atoms with E-state index in [4.69, 9.17) is 0 Å². The summed E-state index contributed by atoms with van der Waals surface area (Å²) < 4.78 is 0. The highest BCUT2D eigenvalue weighted by Crippen LogP contribution is 2.13. The predicted molar refractivity (Wildman–Crippen MR) is 66.3 cm³/mol. The highest BCUT2D eigenvalue weighted by Gasteiger charge is 2.15. The molecule has 0 bridgehead atoms. The maximum atomic E-state index is 3.43. The molecule has 0 radical (unpaired) electrons. The van der Waals surface area contributed by atoms with E-state index in [9.17, 15) is 0 Å². The van der Waals surface area contributed by atoms with Crippen molar-refractivity contribution in [3.8, 4) is 0 Å². The van der Waals surface area contributed by atoms with Crippen LogP contribution in [0.2, 0.25) is 0 Å². The van der Waals surface area contributed by atoms with Crippen LogP contribution in [0, 0.1) is 5.92 Å². The monoisotopic (exact) mass is 213 g/mol. The van der Waals surface area contributed by atoms with E-state index in [1.165, 1.54) is 52.1 Å². The molecule has 0 spiro atoms. The van der Waals surface area contributed by atoms with Crippen LogP contribution in [0.1, 0.15) is 19.8 Å². The lowest BCUT2D eigenvalue weighted by molar-refractivity contribution is 0.197. The molecule has 0 aromatic heterocycles. The summed E-state index contributed by atoms with van der Waals surface area (Å²) in [7, 11) is 4.30. The van der Waals surface area contributed by atoms with Crippen molar-refractivity contribution in [1.29, 1.82) is 0 Å². The van der Waals surface area contributed by atoms with E-state index in [0.717, 1.165) is 5.92 Å². The highest BCUT2D eigenvalue weighted by atomic mass is 15.2. The SMILES string of the molecule is CCN(CCN(C)C)CC1CCNCC1. The van der Waals surface area contributed by atoms with Gasteiger partial charge in [-0.25, -0.2) is 0 Å². The Morgan fingerprint density at radius 3 is 2.33 bits per heavy atom. The van der Waals surface area contributed by atoms with E-state index in [2.05, 4.69) is 36.1 Å². The second-order valence-corrected chi connectivity index (χ2v) is 4.89. The topological polar surface area (TPSA) is 18.5 Å². The Bertz CT molecular complexity index is 153. The Balaban J connectivity index is 2.19. The molecular weight excluding hydrogens is 186 g/mol. The van der Waals surface area contributed by atoms with Crippen molar-refractivity contribution < 1.29 is 0 Å². The lowest BCUT2D eigenvalue weighted by Gasteiger charge is -2.30. The summed E-state index contributed by atoms with van der Waals surface area (Å²) in [4.78, 5) is 4.86. The standard InChI is InChI=1S/C12H27N3/c1-4-15(10-9-14(2)3)11-12-5-7-13-8-6-12/h12-13H,4-11H2,1-3H3. The van der Waals surface area contributed by atoms with Gasteiger partial charge in [-0.15, -0.1) is 0 Å². The zero-order chi connectivity index (χ0) is 11.1. The summed E-state index contributed by atoms with van der Waals surface area (Å²) >= 11 is 0. The van der Waals surface area contributed by atoms with Gasteiger partial charge in [-0.05, 0) is 52.5 Å². The second-order valence-electron chi connectivity index (χ2n) is 4.89. The maximum absolute atomic E-state index is 3.43. The van der Waals surface area contributed by atoms with Gasteiger partial charge in [0, 0.05) is 19.6 Å². The molecule has 1 saturated heterocycles. The third-order valence-corrected chi connectivity index (χ3v) is 3.29. The fourth-order valence-electron chi connectivity index (χ4n) is 2.15. The quantitative estimate of drug-likeness (QED) is 0.706. The molecule has 0 aromatic carbocycles. The van der Waals surface area contributed by atoms with Crippen LogP contribution < -0.4 is 5.32 Å². The van der Waals surface area contributed by atoms with Crippen molar-refractivity contribution in [2.24, 2.45) is 5.92 Å². The predicted octanol–water partition coefficient (Wildman–Crippen LogP) is 0.869. The normalized spacial score (nSPS) is 19.0. The molecule has 15 heavy (non-hydrogen) atoms. The Hall–Kier alpha value is -0.120. The zero-order valence-electron chi connectivity index (χ0n) is 10.6. The van der Waals surface area contributed by atoms with E-state index in [1.807, 2.05) is 0 Å². The third kappa shape index (κ3) is 5.50. The molecule has 1 heterocycles. The van der Waals surface area contributed by atoms with Gasteiger partial charge in [0.2, 0.25) is 0 Å². The smallest absolute Gasteiger partial charge is 0.0109 e. The molecule has 1 fully saturated rings. The summed E-state index contributed by atoms with van der Waals surface area (Å²) in [6.45, 7) is 9.60. The molecule has 0 aromatic rings. The van der Waals surface area contributed by atoms with Crippen LogP contribution in [0.15, 0.2) is 0 Å². The average molecular weight is 213 g/mol. The Morgan fingerprint density at radius 1 is 1.13 bits per heavy atom. The molecule has 90 valence electrons. The van der Waals surface area contributed by atoms with E-state index in [1.54, 1.807) is 0 Å². The van der Waals surface area contributed by atoms with Gasteiger partial charge >= 0.3 is 0 Å². The molecule has 1 aliphatic rings. The van der Waals surface area contributed by atoms with Gasteiger partial charge in [0.15, 0.2) is 0 Å². The molecule has 0 aliphatic carbocycles. The van der Waals surface area contributed by atoms with Crippen molar-refractivity contribution in [3.63, 3.8) is 0 Å². The van der Waals surface area contributed by atoms with Gasteiger partial charge < -0.3 is 15.1 Å². The van der Waals surface area contributed by atoms with Gasteiger partial charge in [0.05, 0.1) is 0 Å². The van der Waals surface area contributed by atoms with E-state index in [-0.39, 0.29) is 0 Å². The van der Waals surface area contributed by atoms with Crippen LogP contribution in [-0.4, -0.2) is 63.2 Å². The first kappa shape index (κ1) is 12.9. The molecule has 1 rings (SSSR count). The fraction of sp³-hybridized carbons (Fsp3) is 1.00. The lowest BCUT2D eigenvalue weighted by atomic mass is 9.97. The number of nitrogens with one attached hydrogen (secondary N) is 1. The van der Waals surface area contributed by atoms with Crippen LogP contribution in [-0.2, 0) is 0 Å². The van der Waals surface area contributed by atoms with Crippen LogP contribution in [0.4, 0.5) is 0 Å². The summed E-state index contributed by atoms with van der Waals surface area (Å²) in [5.74, 6) is 0.924. The number of likely N-dealkylation sites (N-methyl/N-ethyl adjacent to an activating group) is 2. The van der Waals surface area contributed by atoms with Crippen LogP contribution >= 0.6 is 0 Å². The maximum Gasteiger partial charge on any atom is 0.0109 e. The van der Waals surface area contributed by atoms with Gasteiger partial charge in [-0.1, -0.05) is 6.92 Å². The molecular formula is C12H27N3. The van der Waals surface area contributed by atoms with E-state index < -0.39 is 0 Å². The van der Waals surface area contributed by atoms with Crippen LogP contribution in [0.25, 0.3) is 0 Å². The Kier molecular flexibility index (Phi) is 6.22. The first-order valence-electron chi connectivity index (χ1n) is 6.30. The molecule has 0 saturated carbocycles. The van der Waals surface area contributed by atoms with Crippen molar-refractivity contribution in [2.45, 2.75) is 19.8 Å². The molecule has 0 unspecified atom stereocenters. The number of hydrogen-bond acceptors (Lipinski definition) is 3. The number of hydrogen-bond donors (Lipinski definition) is 1. The van der Waals surface area contributed by atoms with Crippen LogP contribution in [0.3, 0.4) is 0 Å². The number of piperidine rings is 1. The highest BCUT2D eigenvalue weighted by molar-refractivity contribution is 4.72. The van der Waals surface area contributed by atoms with Gasteiger partial charge in [0.1, 0.15) is 0 Å². The van der Waals surface area contributed by atoms with Gasteiger partial charge in [-0.2, -0.15) is 0 Å². The average Bonchev–Trinajstić information content (AvgIpc) is 2.25. The minimum Gasteiger partial charge on any atom is -0.317 e. The molecule has 3 nitrogen and oxygen atoms in total. The zero-order valence-corrected chi connectivity index (χ0v) is 10.6. The summed E-state index contributed by atoms with van der Waals surface area (Å²) in [5.41, 5.74) is 0. The molecule has 0 amide bonds. The first-order valence-corrected chi connectivity index (χ1v) is 6.30.